The number of nitrogens with one attached hydrogen (secondary N) is 1. The molecule has 1 unspecified atom stereocenters. The van der Waals surface area contributed by atoms with E-state index in [2.05, 4.69) is 57.1 Å². The number of hydrogen-bond acceptors (Lipinski definition) is 2. The Morgan fingerprint density at radius 3 is 2.95 bits per heavy atom. The van der Waals surface area contributed by atoms with Gasteiger partial charge < -0.3 is 4.98 Å². The van der Waals surface area contributed by atoms with E-state index in [9.17, 15) is 0 Å². The molecule has 2 nitrogen and oxygen atoms in total. The molecule has 1 atom stereocenters. The van der Waals surface area contributed by atoms with Crippen LogP contribution in [-0.4, -0.2) is 9.97 Å². The van der Waals surface area contributed by atoms with E-state index in [1.165, 1.54) is 16.8 Å². The van der Waals surface area contributed by atoms with Crippen LogP contribution in [-0.2, 0) is 12.8 Å². The Labute approximate surface area is 126 Å². The molecule has 1 aliphatic carbocycles. The van der Waals surface area contributed by atoms with Crippen molar-refractivity contribution in [2.75, 3.05) is 0 Å². The summed E-state index contributed by atoms with van der Waals surface area (Å²) in [6, 6.07) is 8.55. The third kappa shape index (κ3) is 2.28. The minimum Gasteiger partial charge on any atom is -0.346 e. The molecular weight excluding hydrogens is 320 g/mol. The number of nitrogens with zero attached hydrogens (tertiary/aromatic N) is 1. The van der Waals surface area contributed by atoms with Crippen molar-refractivity contribution >= 4 is 28.1 Å². The summed E-state index contributed by atoms with van der Waals surface area (Å²) in [5.74, 6) is 1.39. The lowest BCUT2D eigenvalue weighted by molar-refractivity contribution is 0.648. The first-order chi connectivity index (χ1) is 9.20. The summed E-state index contributed by atoms with van der Waals surface area (Å²) in [4.78, 5) is 8.02. The summed E-state index contributed by atoms with van der Waals surface area (Å²) < 4.78 is 1.61. The van der Waals surface area contributed by atoms with E-state index in [0.29, 0.717) is 10.6 Å². The van der Waals surface area contributed by atoms with Gasteiger partial charge in [0, 0.05) is 11.6 Å². The average Bonchev–Trinajstić information content (AvgIpc) is 2.37. The first-order valence-electron chi connectivity index (χ1n) is 6.57. The number of hydrogen-bond donors (Lipinski definition) is 1. The molecule has 1 aromatic heterocycles. The Morgan fingerprint density at radius 2 is 2.21 bits per heavy atom. The Morgan fingerprint density at radius 1 is 1.42 bits per heavy atom. The third-order valence-corrected chi connectivity index (χ3v) is 5.05. The number of H-pyrrole nitrogens is 1. The molecule has 0 saturated heterocycles. The molecule has 0 radical (unpaired) electrons. The lowest BCUT2D eigenvalue weighted by atomic mass is 9.77. The van der Waals surface area contributed by atoms with Crippen LogP contribution in [0, 0.1) is 4.64 Å². The van der Waals surface area contributed by atoms with Crippen molar-refractivity contribution in [3.63, 3.8) is 0 Å². The Hall–Kier alpha value is -1.00. The Balaban J connectivity index is 2.02. The maximum Gasteiger partial charge on any atom is 0.144 e. The molecule has 1 aromatic carbocycles. The molecule has 1 heterocycles. The van der Waals surface area contributed by atoms with Gasteiger partial charge in [-0.3, -0.25) is 0 Å². The van der Waals surface area contributed by atoms with Gasteiger partial charge >= 0.3 is 0 Å². The van der Waals surface area contributed by atoms with Gasteiger partial charge in [-0.25, -0.2) is 4.98 Å². The molecule has 0 bridgehead atoms. The highest BCUT2D eigenvalue weighted by Gasteiger charge is 2.29. The summed E-state index contributed by atoms with van der Waals surface area (Å²) >= 11 is 8.89. The van der Waals surface area contributed by atoms with Crippen molar-refractivity contribution in [1.29, 1.82) is 0 Å². The number of aromatic amines is 1. The first kappa shape index (κ1) is 13.0. The van der Waals surface area contributed by atoms with E-state index in [0.717, 1.165) is 29.6 Å². The molecule has 0 saturated carbocycles. The van der Waals surface area contributed by atoms with Gasteiger partial charge in [0.25, 0.3) is 0 Å². The quantitative estimate of drug-likeness (QED) is 0.834. The van der Waals surface area contributed by atoms with Crippen molar-refractivity contribution in [1.82, 2.24) is 9.97 Å². The highest BCUT2D eigenvalue weighted by atomic mass is 79.9. The summed E-state index contributed by atoms with van der Waals surface area (Å²) in [7, 11) is 0. The van der Waals surface area contributed by atoms with E-state index in [1.54, 1.807) is 0 Å². The lowest BCUT2D eigenvalue weighted by Crippen LogP contribution is -2.21. The smallest absolute Gasteiger partial charge is 0.144 e. The topological polar surface area (TPSA) is 28.7 Å². The molecular formula is C15H15BrN2S. The van der Waals surface area contributed by atoms with Crippen LogP contribution in [0.1, 0.15) is 41.9 Å². The van der Waals surface area contributed by atoms with Crippen LogP contribution in [0.4, 0.5) is 0 Å². The Kier molecular flexibility index (Phi) is 3.54. The van der Waals surface area contributed by atoms with Crippen molar-refractivity contribution in [3.05, 3.63) is 56.0 Å². The number of benzene rings is 1. The van der Waals surface area contributed by atoms with Crippen LogP contribution in [0.3, 0.4) is 0 Å². The maximum absolute atomic E-state index is 5.35. The first-order valence-corrected chi connectivity index (χ1v) is 7.77. The fourth-order valence-electron chi connectivity index (χ4n) is 2.62. The molecule has 0 aliphatic heterocycles. The van der Waals surface area contributed by atoms with E-state index in [1.807, 2.05) is 0 Å². The number of fused-ring (bicyclic) bond motifs is 1. The lowest BCUT2D eigenvalue weighted by Gasteiger charge is -2.29. The number of halogens is 1. The summed E-state index contributed by atoms with van der Waals surface area (Å²) in [6.45, 7) is 2.17. The summed E-state index contributed by atoms with van der Waals surface area (Å²) in [5.41, 5.74) is 3.97. The molecule has 0 spiro atoms. The number of aromatic nitrogens is 2. The second-order valence-electron chi connectivity index (χ2n) is 4.93. The van der Waals surface area contributed by atoms with E-state index in [4.69, 9.17) is 12.2 Å². The van der Waals surface area contributed by atoms with Gasteiger partial charge in [0.15, 0.2) is 0 Å². The van der Waals surface area contributed by atoms with Gasteiger partial charge in [-0.1, -0.05) is 49.8 Å². The molecule has 0 amide bonds. The molecule has 2 aromatic rings. The minimum absolute atomic E-state index is 0.376. The molecule has 0 fully saturated rings. The van der Waals surface area contributed by atoms with Crippen molar-refractivity contribution in [2.24, 2.45) is 0 Å². The highest BCUT2D eigenvalue weighted by Crippen LogP contribution is 2.38. The highest BCUT2D eigenvalue weighted by molar-refractivity contribution is 9.10. The number of aryl methyl sites for hydroxylation is 1. The zero-order chi connectivity index (χ0) is 13.4. The monoisotopic (exact) mass is 334 g/mol. The van der Waals surface area contributed by atoms with Crippen LogP contribution in [0.25, 0.3) is 0 Å². The second-order valence-corrected chi connectivity index (χ2v) is 6.10. The van der Waals surface area contributed by atoms with Crippen LogP contribution in [0.2, 0.25) is 0 Å². The molecule has 3 rings (SSSR count). The minimum atomic E-state index is 0.376. The molecule has 1 aliphatic rings. The van der Waals surface area contributed by atoms with Crippen molar-refractivity contribution < 1.29 is 0 Å². The van der Waals surface area contributed by atoms with Crippen LogP contribution >= 0.6 is 28.1 Å². The van der Waals surface area contributed by atoms with E-state index in [-0.39, 0.29) is 0 Å². The van der Waals surface area contributed by atoms with Gasteiger partial charge in [0.05, 0.1) is 4.47 Å². The largest absolute Gasteiger partial charge is 0.346 e. The summed E-state index contributed by atoms with van der Waals surface area (Å²) in [6.07, 6.45) is 3.14. The van der Waals surface area contributed by atoms with Crippen molar-refractivity contribution in [3.8, 4) is 0 Å². The van der Waals surface area contributed by atoms with E-state index < -0.39 is 0 Å². The number of rotatable bonds is 3. The normalized spacial score (nSPS) is 16.8. The fraction of sp³-hybridized carbons (Fsp3) is 0.333. The van der Waals surface area contributed by atoms with Gasteiger partial charge in [0.2, 0.25) is 0 Å². The summed E-state index contributed by atoms with van der Waals surface area (Å²) in [5, 5.41) is 0. The van der Waals surface area contributed by atoms with Gasteiger partial charge in [-0.15, -0.1) is 0 Å². The second kappa shape index (κ2) is 5.17. The molecule has 4 heteroatoms. The third-order valence-electron chi connectivity index (χ3n) is 3.64. The van der Waals surface area contributed by atoms with Gasteiger partial charge in [-0.2, -0.15) is 0 Å². The Bertz CT molecular complexity index is 678. The van der Waals surface area contributed by atoms with Crippen molar-refractivity contribution in [2.45, 2.75) is 32.1 Å². The van der Waals surface area contributed by atoms with Gasteiger partial charge in [0.1, 0.15) is 10.5 Å². The van der Waals surface area contributed by atoms with Crippen LogP contribution < -0.4 is 0 Å². The predicted molar refractivity (Wildman–Crippen MR) is 83.1 cm³/mol. The molecule has 19 heavy (non-hydrogen) atoms. The van der Waals surface area contributed by atoms with Crippen LogP contribution in [0.5, 0.6) is 0 Å². The molecule has 1 N–H and O–H groups in total. The van der Waals surface area contributed by atoms with Crippen LogP contribution in [0.15, 0.2) is 28.7 Å². The van der Waals surface area contributed by atoms with E-state index >= 15 is 0 Å². The zero-order valence-electron chi connectivity index (χ0n) is 10.7. The maximum atomic E-state index is 5.35. The fourth-order valence-corrected chi connectivity index (χ4v) is 3.22. The zero-order valence-corrected chi connectivity index (χ0v) is 13.1. The average molecular weight is 335 g/mol. The van der Waals surface area contributed by atoms with Gasteiger partial charge in [-0.05, 0) is 39.9 Å². The SMILES string of the molecule is CCCc1[nH]c(C2Cc3ccccc32)nc(=S)c1Br. The molecule has 98 valence electrons. The predicted octanol–water partition coefficient (Wildman–Crippen LogP) is 4.54. The standard InChI is InChI=1S/C15H15BrN2S/c1-2-5-12-13(16)15(19)18-14(17-12)11-8-9-6-3-4-7-10(9)11/h3-4,6-7,11H,2,5,8H2,1H3,(H,17,18,19).